The van der Waals surface area contributed by atoms with Crippen molar-refractivity contribution in [2.75, 3.05) is 33.2 Å². The molecule has 0 radical (unpaired) electrons. The van der Waals surface area contributed by atoms with Gasteiger partial charge in [-0.05, 0) is 57.2 Å². The summed E-state index contributed by atoms with van der Waals surface area (Å²) in [6.45, 7) is 8.38. The molecule has 5 heteroatoms. The number of hydrogen-bond donors (Lipinski definition) is 2. The molecule has 1 aliphatic carbocycles. The third-order valence-corrected chi connectivity index (χ3v) is 5.14. The average Bonchev–Trinajstić information content (AvgIpc) is 3.36. The summed E-state index contributed by atoms with van der Waals surface area (Å²) in [6.07, 6.45) is 4.19. The number of rotatable bonds is 7. The second-order valence-electron chi connectivity index (χ2n) is 7.41. The second-order valence-corrected chi connectivity index (χ2v) is 7.41. The molecule has 138 valence electrons. The van der Waals surface area contributed by atoms with Crippen LogP contribution in [0.3, 0.4) is 0 Å². The summed E-state index contributed by atoms with van der Waals surface area (Å²) in [7, 11) is 1.83. The van der Waals surface area contributed by atoms with Gasteiger partial charge in [-0.25, -0.2) is 0 Å². The lowest BCUT2D eigenvalue weighted by molar-refractivity contribution is 0.222. The summed E-state index contributed by atoms with van der Waals surface area (Å²) < 4.78 is 6.01. The van der Waals surface area contributed by atoms with E-state index < -0.39 is 0 Å². The predicted molar refractivity (Wildman–Crippen MR) is 103 cm³/mol. The maximum atomic E-state index is 6.01. The second kappa shape index (κ2) is 8.56. The molecule has 0 amide bonds. The van der Waals surface area contributed by atoms with E-state index >= 15 is 0 Å². The summed E-state index contributed by atoms with van der Waals surface area (Å²) in [6, 6.07) is 9.02. The van der Waals surface area contributed by atoms with Crippen LogP contribution in [0, 0.1) is 12.8 Å². The van der Waals surface area contributed by atoms with Gasteiger partial charge in [0.15, 0.2) is 5.96 Å². The topological polar surface area (TPSA) is 48.9 Å². The molecule has 2 unspecified atom stereocenters. The maximum absolute atomic E-state index is 6.01. The van der Waals surface area contributed by atoms with Crippen molar-refractivity contribution in [1.29, 1.82) is 0 Å². The van der Waals surface area contributed by atoms with Crippen LogP contribution in [0.5, 0.6) is 5.75 Å². The predicted octanol–water partition coefficient (Wildman–Crippen LogP) is 2.41. The quantitative estimate of drug-likeness (QED) is 0.589. The molecule has 0 aromatic heterocycles. The van der Waals surface area contributed by atoms with E-state index in [1.807, 2.05) is 25.2 Å². The number of aliphatic imine (C=N–C) groups is 1. The summed E-state index contributed by atoms with van der Waals surface area (Å²) in [5, 5.41) is 6.86. The van der Waals surface area contributed by atoms with Crippen LogP contribution in [-0.4, -0.2) is 56.2 Å². The Morgan fingerprint density at radius 1 is 1.28 bits per heavy atom. The Hall–Kier alpha value is -1.75. The first kappa shape index (κ1) is 18.1. The molecule has 3 rings (SSSR count). The van der Waals surface area contributed by atoms with Crippen molar-refractivity contribution in [2.24, 2.45) is 10.9 Å². The fourth-order valence-corrected chi connectivity index (χ4v) is 3.45. The van der Waals surface area contributed by atoms with E-state index in [2.05, 4.69) is 40.4 Å². The Bertz CT molecular complexity index is 585. The van der Waals surface area contributed by atoms with Gasteiger partial charge in [-0.15, -0.1) is 0 Å². The molecular formula is C20H32N4O. The Kier molecular flexibility index (Phi) is 6.19. The van der Waals surface area contributed by atoms with Gasteiger partial charge in [-0.3, -0.25) is 4.99 Å². The van der Waals surface area contributed by atoms with Gasteiger partial charge in [0.1, 0.15) is 11.9 Å². The molecule has 1 aromatic rings. The number of benzene rings is 1. The number of para-hydroxylation sites is 1. The van der Waals surface area contributed by atoms with Crippen molar-refractivity contribution < 1.29 is 4.74 Å². The van der Waals surface area contributed by atoms with Gasteiger partial charge in [0, 0.05) is 26.2 Å². The lowest BCUT2D eigenvalue weighted by atomic mass is 10.1. The summed E-state index contributed by atoms with van der Waals surface area (Å²) in [5.74, 6) is 2.55. The Morgan fingerprint density at radius 2 is 2.08 bits per heavy atom. The normalized spacial score (nSPS) is 22.7. The van der Waals surface area contributed by atoms with E-state index in [9.17, 15) is 0 Å². The lowest BCUT2D eigenvalue weighted by Gasteiger charge is -2.20. The van der Waals surface area contributed by atoms with Crippen LogP contribution in [0.15, 0.2) is 29.3 Å². The fourth-order valence-electron chi connectivity index (χ4n) is 3.45. The number of aryl methyl sites for hydroxylation is 1. The fraction of sp³-hybridized carbons (Fsp3) is 0.650. The van der Waals surface area contributed by atoms with Crippen LogP contribution in [0.25, 0.3) is 0 Å². The van der Waals surface area contributed by atoms with Crippen LogP contribution in [0.2, 0.25) is 0 Å². The monoisotopic (exact) mass is 344 g/mol. The smallest absolute Gasteiger partial charge is 0.191 e. The SMILES string of the molecule is CN=C(NCC1CCN(C2CC2)C1)NCC(C)Oc1ccccc1C. The minimum absolute atomic E-state index is 0.0801. The molecule has 5 nitrogen and oxygen atoms in total. The number of nitrogens with zero attached hydrogens (tertiary/aromatic N) is 2. The van der Waals surface area contributed by atoms with Crippen molar-refractivity contribution in [3.8, 4) is 5.75 Å². The lowest BCUT2D eigenvalue weighted by Crippen LogP contribution is -2.43. The molecule has 0 spiro atoms. The van der Waals surface area contributed by atoms with Gasteiger partial charge < -0.3 is 20.3 Å². The van der Waals surface area contributed by atoms with Gasteiger partial charge in [-0.1, -0.05) is 18.2 Å². The van der Waals surface area contributed by atoms with E-state index in [1.165, 1.54) is 37.9 Å². The molecule has 2 atom stereocenters. The largest absolute Gasteiger partial charge is 0.489 e. The summed E-state index contributed by atoms with van der Waals surface area (Å²) >= 11 is 0. The van der Waals surface area contributed by atoms with E-state index in [1.54, 1.807) is 0 Å². The number of guanidine groups is 1. The standard InChI is InChI=1S/C20H32N4O/c1-15-6-4-5-7-19(15)25-16(2)12-22-20(21-3)23-13-17-10-11-24(14-17)18-8-9-18/h4-7,16-18H,8-14H2,1-3H3,(H2,21,22,23). The van der Waals surface area contributed by atoms with Crippen LogP contribution >= 0.6 is 0 Å². The average molecular weight is 345 g/mol. The third kappa shape index (κ3) is 5.36. The highest BCUT2D eigenvalue weighted by atomic mass is 16.5. The van der Waals surface area contributed by atoms with Crippen molar-refractivity contribution in [3.63, 3.8) is 0 Å². The van der Waals surface area contributed by atoms with Gasteiger partial charge in [0.05, 0.1) is 6.54 Å². The highest BCUT2D eigenvalue weighted by Gasteiger charge is 2.34. The van der Waals surface area contributed by atoms with E-state index in [0.717, 1.165) is 36.8 Å². The summed E-state index contributed by atoms with van der Waals surface area (Å²) in [4.78, 5) is 6.99. The van der Waals surface area contributed by atoms with E-state index in [-0.39, 0.29) is 6.10 Å². The first-order valence-electron chi connectivity index (χ1n) is 9.56. The van der Waals surface area contributed by atoms with Gasteiger partial charge in [0.25, 0.3) is 0 Å². The number of nitrogens with one attached hydrogen (secondary N) is 2. The number of likely N-dealkylation sites (tertiary alicyclic amines) is 1. The van der Waals surface area contributed by atoms with Crippen molar-refractivity contribution in [1.82, 2.24) is 15.5 Å². The molecule has 1 aromatic carbocycles. The number of ether oxygens (including phenoxy) is 1. The molecule has 1 saturated heterocycles. The minimum Gasteiger partial charge on any atom is -0.489 e. The van der Waals surface area contributed by atoms with Gasteiger partial charge in [0.2, 0.25) is 0 Å². The Labute approximate surface area is 151 Å². The maximum Gasteiger partial charge on any atom is 0.191 e. The van der Waals surface area contributed by atoms with Crippen LogP contribution < -0.4 is 15.4 Å². The van der Waals surface area contributed by atoms with Crippen LogP contribution in [0.4, 0.5) is 0 Å². The van der Waals surface area contributed by atoms with Crippen molar-refractivity contribution in [2.45, 2.75) is 45.3 Å². The van der Waals surface area contributed by atoms with Crippen molar-refractivity contribution >= 4 is 5.96 Å². The van der Waals surface area contributed by atoms with Crippen LogP contribution in [-0.2, 0) is 0 Å². The highest BCUT2D eigenvalue weighted by molar-refractivity contribution is 5.79. The summed E-state index contributed by atoms with van der Waals surface area (Å²) in [5.41, 5.74) is 1.17. The third-order valence-electron chi connectivity index (χ3n) is 5.14. The van der Waals surface area contributed by atoms with Crippen LogP contribution in [0.1, 0.15) is 31.7 Å². The molecule has 2 aliphatic rings. The molecule has 1 heterocycles. The van der Waals surface area contributed by atoms with Crippen molar-refractivity contribution in [3.05, 3.63) is 29.8 Å². The molecule has 0 bridgehead atoms. The minimum atomic E-state index is 0.0801. The molecule has 1 saturated carbocycles. The Morgan fingerprint density at radius 3 is 2.80 bits per heavy atom. The van der Waals surface area contributed by atoms with Gasteiger partial charge >= 0.3 is 0 Å². The number of hydrogen-bond acceptors (Lipinski definition) is 3. The molecule has 2 N–H and O–H groups in total. The first-order valence-corrected chi connectivity index (χ1v) is 9.56. The zero-order valence-electron chi connectivity index (χ0n) is 15.8. The molecular weight excluding hydrogens is 312 g/mol. The van der Waals surface area contributed by atoms with E-state index in [0.29, 0.717) is 0 Å². The zero-order valence-corrected chi connectivity index (χ0v) is 15.8. The van der Waals surface area contributed by atoms with E-state index in [4.69, 9.17) is 4.74 Å². The molecule has 2 fully saturated rings. The Balaban J connectivity index is 1.36. The molecule has 25 heavy (non-hydrogen) atoms. The zero-order chi connectivity index (χ0) is 17.6. The first-order chi connectivity index (χ1) is 12.2. The van der Waals surface area contributed by atoms with Gasteiger partial charge in [-0.2, -0.15) is 0 Å². The highest BCUT2D eigenvalue weighted by Crippen LogP contribution is 2.31. The molecule has 1 aliphatic heterocycles.